The summed E-state index contributed by atoms with van der Waals surface area (Å²) in [5.74, 6) is 0.00996. The molecule has 14 heavy (non-hydrogen) atoms. The van der Waals surface area contributed by atoms with Crippen LogP contribution in [0.5, 0.6) is 0 Å². The van der Waals surface area contributed by atoms with Gasteiger partial charge in [-0.3, -0.25) is 16.1 Å². The molecule has 1 rings (SSSR count). The standard InChI is InChI=1S/C11H14N2O/c1-3-4-9-7-10(11(12)13-14)6-5-8(9)2/h3-7,14H,1-2H3,(H2,12,13)/b4-3-. The molecule has 0 bridgehead atoms. The molecule has 74 valence electrons. The van der Waals surface area contributed by atoms with Crippen LogP contribution in [-0.4, -0.2) is 11.0 Å². The molecule has 0 aliphatic heterocycles. The van der Waals surface area contributed by atoms with Crippen molar-refractivity contribution in [3.8, 4) is 0 Å². The van der Waals surface area contributed by atoms with Crippen LogP contribution in [0.15, 0.2) is 24.3 Å². The molecule has 0 atom stereocenters. The van der Waals surface area contributed by atoms with Gasteiger partial charge in [0, 0.05) is 5.56 Å². The third-order valence-electron chi connectivity index (χ3n) is 2.03. The number of allylic oxidation sites excluding steroid dienone is 1. The van der Waals surface area contributed by atoms with Crippen LogP contribution in [0.2, 0.25) is 0 Å². The number of hydrogen-bond acceptors (Lipinski definition) is 2. The van der Waals surface area contributed by atoms with E-state index in [1.807, 2.05) is 43.6 Å². The van der Waals surface area contributed by atoms with E-state index in [0.29, 0.717) is 5.56 Å². The summed E-state index contributed by atoms with van der Waals surface area (Å²) in [5.41, 5.74) is 4.71. The number of nitrogens with one attached hydrogen (secondary N) is 2. The second kappa shape index (κ2) is 4.58. The van der Waals surface area contributed by atoms with Gasteiger partial charge in [-0.15, -0.1) is 0 Å². The van der Waals surface area contributed by atoms with Crippen molar-refractivity contribution in [3.05, 3.63) is 41.0 Å². The summed E-state index contributed by atoms with van der Waals surface area (Å²) >= 11 is 0. The zero-order valence-corrected chi connectivity index (χ0v) is 8.33. The van der Waals surface area contributed by atoms with E-state index in [1.54, 1.807) is 6.07 Å². The molecular weight excluding hydrogens is 176 g/mol. The number of benzene rings is 1. The highest BCUT2D eigenvalue weighted by molar-refractivity contribution is 5.96. The SMILES string of the molecule is C/C=C\c1cc(C(=N)NO)ccc1C. The van der Waals surface area contributed by atoms with Crippen molar-refractivity contribution >= 4 is 11.9 Å². The Kier molecular flexibility index (Phi) is 3.42. The zero-order valence-electron chi connectivity index (χ0n) is 8.33. The molecule has 3 nitrogen and oxygen atoms in total. The van der Waals surface area contributed by atoms with E-state index in [-0.39, 0.29) is 5.84 Å². The average molecular weight is 190 g/mol. The first-order valence-electron chi connectivity index (χ1n) is 4.41. The fourth-order valence-corrected chi connectivity index (χ4v) is 1.22. The Bertz CT molecular complexity index is 370. The number of hydroxylamine groups is 1. The number of hydrogen-bond donors (Lipinski definition) is 3. The normalized spacial score (nSPS) is 10.5. The molecule has 3 heteroatoms. The molecule has 0 fully saturated rings. The summed E-state index contributed by atoms with van der Waals surface area (Å²) in [6.07, 6.45) is 3.92. The quantitative estimate of drug-likeness (QED) is 0.381. The van der Waals surface area contributed by atoms with Gasteiger partial charge in [0.2, 0.25) is 0 Å². The van der Waals surface area contributed by atoms with Gasteiger partial charge in [0.15, 0.2) is 0 Å². The van der Waals surface area contributed by atoms with Crippen LogP contribution in [-0.2, 0) is 0 Å². The molecule has 1 aromatic rings. The molecule has 0 amide bonds. The topological polar surface area (TPSA) is 56.1 Å². The first-order chi connectivity index (χ1) is 6.69. The van der Waals surface area contributed by atoms with E-state index in [1.165, 1.54) is 0 Å². The molecular formula is C11H14N2O. The van der Waals surface area contributed by atoms with Gasteiger partial charge in [-0.1, -0.05) is 24.3 Å². The van der Waals surface area contributed by atoms with Crippen molar-refractivity contribution in [2.45, 2.75) is 13.8 Å². The Morgan fingerprint density at radius 2 is 2.21 bits per heavy atom. The Balaban J connectivity index is 3.12. The Hall–Kier alpha value is -1.61. The number of amidine groups is 1. The maximum absolute atomic E-state index is 8.59. The summed E-state index contributed by atoms with van der Waals surface area (Å²) in [7, 11) is 0. The average Bonchev–Trinajstić information content (AvgIpc) is 2.20. The molecule has 0 aliphatic carbocycles. The lowest BCUT2D eigenvalue weighted by Gasteiger charge is -2.05. The van der Waals surface area contributed by atoms with Crippen LogP contribution in [0.1, 0.15) is 23.6 Å². The molecule has 0 spiro atoms. The number of rotatable bonds is 2. The van der Waals surface area contributed by atoms with Crippen LogP contribution >= 0.6 is 0 Å². The monoisotopic (exact) mass is 190 g/mol. The van der Waals surface area contributed by atoms with Gasteiger partial charge in [0.1, 0.15) is 5.84 Å². The van der Waals surface area contributed by atoms with Crippen LogP contribution < -0.4 is 5.48 Å². The smallest absolute Gasteiger partial charge is 0.149 e. The fourth-order valence-electron chi connectivity index (χ4n) is 1.22. The third kappa shape index (κ3) is 2.20. The molecule has 0 unspecified atom stereocenters. The van der Waals surface area contributed by atoms with Crippen molar-refractivity contribution in [2.24, 2.45) is 0 Å². The van der Waals surface area contributed by atoms with Gasteiger partial charge in [-0.25, -0.2) is 0 Å². The Labute approximate surface area is 83.5 Å². The lowest BCUT2D eigenvalue weighted by molar-refractivity contribution is 0.234. The lowest BCUT2D eigenvalue weighted by atomic mass is 10.0. The summed E-state index contributed by atoms with van der Waals surface area (Å²) in [6, 6.07) is 5.59. The summed E-state index contributed by atoms with van der Waals surface area (Å²) in [4.78, 5) is 0. The van der Waals surface area contributed by atoms with Gasteiger partial charge in [-0.05, 0) is 31.0 Å². The van der Waals surface area contributed by atoms with Gasteiger partial charge in [-0.2, -0.15) is 0 Å². The maximum Gasteiger partial charge on any atom is 0.149 e. The number of aryl methyl sites for hydroxylation is 1. The second-order valence-corrected chi connectivity index (χ2v) is 3.06. The predicted octanol–water partition coefficient (Wildman–Crippen LogP) is 2.33. The maximum atomic E-state index is 8.59. The first kappa shape index (κ1) is 10.5. The van der Waals surface area contributed by atoms with Crippen molar-refractivity contribution < 1.29 is 5.21 Å². The summed E-state index contributed by atoms with van der Waals surface area (Å²) < 4.78 is 0. The van der Waals surface area contributed by atoms with Crippen LogP contribution in [0, 0.1) is 12.3 Å². The fraction of sp³-hybridized carbons (Fsp3) is 0.182. The van der Waals surface area contributed by atoms with Crippen molar-refractivity contribution in [1.82, 2.24) is 5.48 Å². The molecule has 0 aliphatic rings. The second-order valence-electron chi connectivity index (χ2n) is 3.06. The van der Waals surface area contributed by atoms with E-state index in [2.05, 4.69) is 0 Å². The van der Waals surface area contributed by atoms with Crippen molar-refractivity contribution in [2.75, 3.05) is 0 Å². The largest absolute Gasteiger partial charge is 0.290 e. The molecule has 3 N–H and O–H groups in total. The predicted molar refractivity (Wildman–Crippen MR) is 57.6 cm³/mol. The molecule has 0 heterocycles. The lowest BCUT2D eigenvalue weighted by Crippen LogP contribution is -2.18. The van der Waals surface area contributed by atoms with E-state index in [4.69, 9.17) is 10.6 Å². The van der Waals surface area contributed by atoms with Crippen LogP contribution in [0.4, 0.5) is 0 Å². The molecule has 0 saturated carbocycles. The van der Waals surface area contributed by atoms with E-state index in [0.717, 1.165) is 11.1 Å². The van der Waals surface area contributed by atoms with E-state index >= 15 is 0 Å². The van der Waals surface area contributed by atoms with Gasteiger partial charge in [0.25, 0.3) is 0 Å². The van der Waals surface area contributed by atoms with Gasteiger partial charge in [0.05, 0.1) is 0 Å². The molecule has 0 aromatic heterocycles. The minimum absolute atomic E-state index is 0.00996. The molecule has 1 aromatic carbocycles. The van der Waals surface area contributed by atoms with E-state index in [9.17, 15) is 0 Å². The van der Waals surface area contributed by atoms with Crippen molar-refractivity contribution in [1.29, 1.82) is 5.41 Å². The minimum Gasteiger partial charge on any atom is -0.290 e. The highest BCUT2D eigenvalue weighted by Crippen LogP contribution is 2.12. The summed E-state index contributed by atoms with van der Waals surface area (Å²) in [6.45, 7) is 3.96. The Morgan fingerprint density at radius 1 is 1.50 bits per heavy atom. The highest BCUT2D eigenvalue weighted by Gasteiger charge is 2.01. The Morgan fingerprint density at radius 3 is 2.79 bits per heavy atom. The third-order valence-corrected chi connectivity index (χ3v) is 2.03. The van der Waals surface area contributed by atoms with Crippen LogP contribution in [0.25, 0.3) is 6.08 Å². The zero-order chi connectivity index (χ0) is 10.6. The van der Waals surface area contributed by atoms with Gasteiger partial charge >= 0.3 is 0 Å². The first-order valence-corrected chi connectivity index (χ1v) is 4.41. The highest BCUT2D eigenvalue weighted by atomic mass is 16.5. The van der Waals surface area contributed by atoms with Gasteiger partial charge < -0.3 is 0 Å². The van der Waals surface area contributed by atoms with Crippen LogP contribution in [0.3, 0.4) is 0 Å². The molecule has 0 saturated heterocycles. The molecule has 0 radical (unpaired) electrons. The minimum atomic E-state index is 0.00996. The van der Waals surface area contributed by atoms with E-state index < -0.39 is 0 Å². The summed E-state index contributed by atoms with van der Waals surface area (Å²) in [5, 5.41) is 16.0. The van der Waals surface area contributed by atoms with Crippen molar-refractivity contribution in [3.63, 3.8) is 0 Å².